The number of aromatic nitrogens is 5. The zero-order valence-electron chi connectivity index (χ0n) is 21.4. The van der Waals surface area contributed by atoms with Crippen molar-refractivity contribution in [3.05, 3.63) is 57.4 Å². The van der Waals surface area contributed by atoms with Crippen molar-refractivity contribution in [2.24, 2.45) is 0 Å². The van der Waals surface area contributed by atoms with Crippen molar-refractivity contribution in [3.8, 4) is 11.5 Å². The van der Waals surface area contributed by atoms with E-state index in [1.54, 1.807) is 9.42 Å². The fourth-order valence-electron chi connectivity index (χ4n) is 4.96. The Morgan fingerprint density at radius 3 is 2.68 bits per heavy atom. The number of carbonyl (C=O) groups is 2. The normalized spacial score (nSPS) is 15.3. The third kappa shape index (κ3) is 4.24. The molecule has 0 radical (unpaired) electrons. The van der Waals surface area contributed by atoms with E-state index >= 15 is 0 Å². The molecule has 0 N–H and O–H groups in total. The molecule has 3 aromatic heterocycles. The molecule has 5 heterocycles. The maximum atomic E-state index is 13.3. The number of amides is 2. The predicted molar refractivity (Wildman–Crippen MR) is 140 cm³/mol. The molecular formula is C26H27N7O4S. The molecule has 1 aromatic carbocycles. The van der Waals surface area contributed by atoms with Gasteiger partial charge in [-0.25, -0.2) is 9.50 Å². The first-order chi connectivity index (χ1) is 18.4. The average Bonchev–Trinajstić information content (AvgIpc) is 3.68. The van der Waals surface area contributed by atoms with Gasteiger partial charge in [0, 0.05) is 48.8 Å². The van der Waals surface area contributed by atoms with E-state index in [1.807, 2.05) is 55.3 Å². The van der Waals surface area contributed by atoms with Gasteiger partial charge in [-0.1, -0.05) is 0 Å². The molecule has 1 saturated heterocycles. The Morgan fingerprint density at radius 2 is 1.89 bits per heavy atom. The second kappa shape index (κ2) is 9.67. The number of benzene rings is 1. The number of piperidine rings is 1. The van der Waals surface area contributed by atoms with Crippen molar-refractivity contribution in [1.29, 1.82) is 0 Å². The van der Waals surface area contributed by atoms with Crippen LogP contribution in [0.25, 0.3) is 5.65 Å². The molecule has 12 heteroatoms. The number of hydrogen-bond donors (Lipinski definition) is 0. The molecule has 0 aliphatic carbocycles. The number of anilines is 1. The Labute approximate surface area is 223 Å². The number of hydrogen-bond acceptors (Lipinski definition) is 9. The Kier molecular flexibility index (Phi) is 6.18. The van der Waals surface area contributed by atoms with Gasteiger partial charge in [0.1, 0.15) is 5.69 Å². The van der Waals surface area contributed by atoms with Crippen LogP contribution in [0.1, 0.15) is 63.1 Å². The summed E-state index contributed by atoms with van der Waals surface area (Å²) < 4.78 is 12.5. The highest BCUT2D eigenvalue weighted by molar-refractivity contribution is 7.10. The van der Waals surface area contributed by atoms with E-state index < -0.39 is 0 Å². The lowest BCUT2D eigenvalue weighted by molar-refractivity contribution is 0.0704. The number of rotatable bonds is 5. The summed E-state index contributed by atoms with van der Waals surface area (Å²) in [5.74, 6) is 1.21. The largest absolute Gasteiger partial charge is 0.454 e. The zero-order valence-corrected chi connectivity index (χ0v) is 22.2. The Hall–Kier alpha value is -4.06. The van der Waals surface area contributed by atoms with Crippen molar-refractivity contribution in [2.45, 2.75) is 39.5 Å². The van der Waals surface area contributed by atoms with Gasteiger partial charge in [-0.05, 0) is 45.7 Å². The highest BCUT2D eigenvalue weighted by atomic mass is 32.1. The van der Waals surface area contributed by atoms with Gasteiger partial charge in [0.2, 0.25) is 6.79 Å². The van der Waals surface area contributed by atoms with Gasteiger partial charge < -0.3 is 19.3 Å². The van der Waals surface area contributed by atoms with Crippen LogP contribution in [0.4, 0.5) is 5.69 Å². The average molecular weight is 534 g/mol. The van der Waals surface area contributed by atoms with Crippen LogP contribution >= 0.6 is 11.3 Å². The van der Waals surface area contributed by atoms with Crippen molar-refractivity contribution in [3.63, 3.8) is 0 Å². The monoisotopic (exact) mass is 533 g/mol. The Morgan fingerprint density at radius 1 is 1.11 bits per heavy atom. The summed E-state index contributed by atoms with van der Waals surface area (Å²) in [6.45, 7) is 7.51. The highest BCUT2D eigenvalue weighted by Crippen LogP contribution is 2.36. The van der Waals surface area contributed by atoms with Crippen molar-refractivity contribution < 1.29 is 19.1 Å². The maximum absolute atomic E-state index is 13.3. The second-order valence-corrected chi connectivity index (χ2v) is 10.3. The second-order valence-electron chi connectivity index (χ2n) is 9.41. The topological polar surface area (TPSA) is 115 Å². The first-order valence-electron chi connectivity index (χ1n) is 12.6. The first-order valence-corrected chi connectivity index (χ1v) is 13.5. The van der Waals surface area contributed by atoms with Crippen LogP contribution < -0.4 is 14.4 Å². The predicted octanol–water partition coefficient (Wildman–Crippen LogP) is 3.61. The number of likely N-dealkylation sites (tertiary alicyclic amines) is 1. The van der Waals surface area contributed by atoms with Gasteiger partial charge in [0.15, 0.2) is 22.8 Å². The van der Waals surface area contributed by atoms with Crippen molar-refractivity contribution in [1.82, 2.24) is 29.7 Å². The molecule has 1 fully saturated rings. The standard InChI is InChI=1S/C26H27N7O4S/c1-4-32(18-5-6-20-21(12-18)37-14-36-20)25(34)19-13-38-24(27-19)17-7-9-31(10-8-17)26(35)23-16(3)33-22(28-29-23)11-15(2)30-33/h5-6,11-13,17H,4,7-10,14H2,1-3H3. The summed E-state index contributed by atoms with van der Waals surface area (Å²) in [7, 11) is 0. The maximum Gasteiger partial charge on any atom is 0.277 e. The van der Waals surface area contributed by atoms with Gasteiger partial charge in [0.05, 0.1) is 16.4 Å². The number of thiazole rings is 1. The molecule has 2 aliphatic heterocycles. The molecule has 4 aromatic rings. The quantitative estimate of drug-likeness (QED) is 0.382. The Bertz CT molecular complexity index is 1540. The molecule has 0 bridgehead atoms. The minimum absolute atomic E-state index is 0.138. The Balaban J connectivity index is 1.12. The van der Waals surface area contributed by atoms with Crippen LogP contribution in [0.15, 0.2) is 29.6 Å². The van der Waals surface area contributed by atoms with Crippen molar-refractivity contribution >= 4 is 34.5 Å². The fourth-order valence-corrected chi connectivity index (χ4v) is 5.93. The molecule has 0 unspecified atom stereocenters. The van der Waals surface area contributed by atoms with Crippen LogP contribution in [-0.4, -0.2) is 67.9 Å². The van der Waals surface area contributed by atoms with E-state index in [2.05, 4.69) is 15.3 Å². The number of carbonyl (C=O) groups excluding carboxylic acids is 2. The van der Waals surface area contributed by atoms with Gasteiger partial charge in [-0.2, -0.15) is 5.10 Å². The summed E-state index contributed by atoms with van der Waals surface area (Å²) in [6, 6.07) is 7.32. The van der Waals surface area contributed by atoms with Gasteiger partial charge in [-0.15, -0.1) is 21.5 Å². The van der Waals surface area contributed by atoms with Crippen LogP contribution in [0.5, 0.6) is 11.5 Å². The van der Waals surface area contributed by atoms with E-state index in [0.29, 0.717) is 53.9 Å². The summed E-state index contributed by atoms with van der Waals surface area (Å²) in [5.41, 5.74) is 3.63. The smallest absolute Gasteiger partial charge is 0.277 e. The molecule has 0 spiro atoms. The summed E-state index contributed by atoms with van der Waals surface area (Å²) >= 11 is 1.50. The molecule has 0 atom stereocenters. The molecule has 38 heavy (non-hydrogen) atoms. The molecule has 0 saturated carbocycles. The van der Waals surface area contributed by atoms with E-state index in [1.165, 1.54) is 11.3 Å². The molecular weight excluding hydrogens is 506 g/mol. The summed E-state index contributed by atoms with van der Waals surface area (Å²) in [4.78, 5) is 34.8. The number of fused-ring (bicyclic) bond motifs is 2. The zero-order chi connectivity index (χ0) is 26.4. The molecule has 2 aliphatic rings. The molecule has 11 nitrogen and oxygen atoms in total. The van der Waals surface area contributed by atoms with Crippen LogP contribution in [0, 0.1) is 13.8 Å². The van der Waals surface area contributed by atoms with E-state index in [4.69, 9.17) is 14.5 Å². The number of aryl methyl sites for hydroxylation is 2. The van der Waals surface area contributed by atoms with E-state index in [0.717, 1.165) is 29.2 Å². The molecule has 6 rings (SSSR count). The minimum atomic E-state index is -0.153. The van der Waals surface area contributed by atoms with Crippen LogP contribution in [0.2, 0.25) is 0 Å². The van der Waals surface area contributed by atoms with Gasteiger partial charge in [0.25, 0.3) is 11.8 Å². The van der Waals surface area contributed by atoms with Crippen LogP contribution in [0.3, 0.4) is 0 Å². The first kappa shape index (κ1) is 24.3. The highest BCUT2D eigenvalue weighted by Gasteiger charge is 2.30. The SMILES string of the molecule is CCN(C(=O)c1csc(C2CCN(C(=O)c3nnc4cc(C)nn4c3C)CC2)n1)c1ccc2c(c1)OCO2. The van der Waals surface area contributed by atoms with E-state index in [9.17, 15) is 9.59 Å². The van der Waals surface area contributed by atoms with Gasteiger partial charge in [-0.3, -0.25) is 9.59 Å². The molecule has 196 valence electrons. The summed E-state index contributed by atoms with van der Waals surface area (Å²) in [6.07, 6.45) is 1.53. The van der Waals surface area contributed by atoms with Crippen LogP contribution in [-0.2, 0) is 0 Å². The lowest BCUT2D eigenvalue weighted by atomic mass is 9.97. The summed E-state index contributed by atoms with van der Waals surface area (Å²) in [5, 5.41) is 15.5. The fraction of sp³-hybridized carbons (Fsp3) is 0.385. The lowest BCUT2D eigenvalue weighted by Crippen LogP contribution is -2.39. The third-order valence-corrected chi connectivity index (χ3v) is 8.04. The minimum Gasteiger partial charge on any atom is -0.454 e. The lowest BCUT2D eigenvalue weighted by Gasteiger charge is -2.31. The third-order valence-electron chi connectivity index (χ3n) is 7.03. The van der Waals surface area contributed by atoms with Gasteiger partial charge >= 0.3 is 0 Å². The van der Waals surface area contributed by atoms with E-state index in [-0.39, 0.29) is 24.5 Å². The van der Waals surface area contributed by atoms with Crippen molar-refractivity contribution in [2.75, 3.05) is 31.3 Å². The molecule has 2 amide bonds. The number of nitrogens with zero attached hydrogens (tertiary/aromatic N) is 7. The number of ether oxygens (including phenoxy) is 2.